The molecule has 0 aliphatic carbocycles. The standard InChI is InChI=1S/C53H52Cl2FN7O7S/c1-31-43-32(2)47(55)48(46(31)54)69-40(27-62-18-16-61(3)17-19-62)29-67-39-12-13-41(68-28-38-14-15-57-50(60-38)35-6-4-33(5-7-35)26-63-20-22-66-23-21-63)36(24-39)25-42(53(64)65)70-51-45-44(43)49(71-52(45)59-30-58-51)34-8-10-37(56)11-9-34/h4-15,24,30,40,42H,16-23,25-29H2,1-3H3,(H,64,65)/t40-,42-/m1/s1. The summed E-state index contributed by atoms with van der Waals surface area (Å²) in [4.78, 5) is 40.2. The van der Waals surface area contributed by atoms with Crippen molar-refractivity contribution in [3.63, 3.8) is 0 Å². The molecule has 2 atom stereocenters. The molecule has 0 radical (unpaired) electrons. The Kier molecular flexibility index (Phi) is 14.7. The maximum Gasteiger partial charge on any atom is 0.345 e. The molecule has 0 saturated carbocycles. The second-order valence-corrected chi connectivity index (χ2v) is 19.8. The van der Waals surface area contributed by atoms with Crippen molar-refractivity contribution >= 4 is 50.7 Å². The van der Waals surface area contributed by atoms with Gasteiger partial charge >= 0.3 is 5.97 Å². The minimum atomic E-state index is -1.47. The number of likely N-dealkylation sites (N-methyl/N-ethyl adjacent to an activating group) is 1. The lowest BCUT2D eigenvalue weighted by Gasteiger charge is -2.35. The van der Waals surface area contributed by atoms with Crippen LogP contribution in [0.2, 0.25) is 10.0 Å². The lowest BCUT2D eigenvalue weighted by molar-refractivity contribution is -0.145. The lowest BCUT2D eigenvalue weighted by Crippen LogP contribution is -2.49. The number of morpholine rings is 1. The van der Waals surface area contributed by atoms with Crippen LogP contribution < -0.4 is 18.9 Å². The number of halogens is 3. The van der Waals surface area contributed by atoms with Gasteiger partial charge in [0.05, 0.1) is 34.3 Å². The molecule has 3 aromatic heterocycles. The van der Waals surface area contributed by atoms with Gasteiger partial charge in [-0.25, -0.2) is 29.1 Å². The van der Waals surface area contributed by atoms with Crippen molar-refractivity contribution in [2.24, 2.45) is 0 Å². The number of piperazine rings is 1. The number of fused-ring (bicyclic) bond motifs is 7. The first-order valence-electron chi connectivity index (χ1n) is 23.5. The number of thiophene rings is 1. The summed E-state index contributed by atoms with van der Waals surface area (Å²) in [7, 11) is 2.11. The van der Waals surface area contributed by atoms with E-state index < -0.39 is 24.0 Å². The van der Waals surface area contributed by atoms with E-state index in [9.17, 15) is 14.3 Å². The second kappa shape index (κ2) is 21.4. The molecule has 0 spiro atoms. The Morgan fingerprint density at radius 2 is 1.59 bits per heavy atom. The molecule has 71 heavy (non-hydrogen) atoms. The van der Waals surface area contributed by atoms with Gasteiger partial charge in [-0.15, -0.1) is 11.3 Å². The van der Waals surface area contributed by atoms with Crippen LogP contribution in [0.25, 0.3) is 43.2 Å². The van der Waals surface area contributed by atoms with E-state index in [4.69, 9.17) is 51.9 Å². The molecular formula is C53H52Cl2FN7O7S. The van der Waals surface area contributed by atoms with Crippen LogP contribution in [0.3, 0.4) is 0 Å². The highest BCUT2D eigenvalue weighted by molar-refractivity contribution is 7.22. The van der Waals surface area contributed by atoms with Crippen LogP contribution in [0, 0.1) is 19.7 Å². The summed E-state index contributed by atoms with van der Waals surface area (Å²) >= 11 is 16.0. The average Bonchev–Trinajstić information content (AvgIpc) is 3.77. The van der Waals surface area contributed by atoms with E-state index in [-0.39, 0.29) is 25.5 Å². The number of ether oxygens (including phenoxy) is 5. The zero-order chi connectivity index (χ0) is 49.2. The fourth-order valence-electron chi connectivity index (χ4n) is 9.26. The number of hydrogen-bond donors (Lipinski definition) is 1. The third-order valence-electron chi connectivity index (χ3n) is 13.2. The van der Waals surface area contributed by atoms with E-state index in [1.165, 1.54) is 35.4 Å². The van der Waals surface area contributed by atoms with E-state index >= 15 is 0 Å². The predicted octanol–water partition coefficient (Wildman–Crippen LogP) is 9.42. The molecule has 11 rings (SSSR count). The van der Waals surface area contributed by atoms with Crippen LogP contribution in [0.1, 0.15) is 27.9 Å². The van der Waals surface area contributed by atoms with Crippen molar-refractivity contribution in [3.8, 4) is 56.1 Å². The number of aliphatic carboxylic acids is 1. The number of carbonyl (C=O) groups is 1. The van der Waals surface area contributed by atoms with Crippen LogP contribution in [0.5, 0.6) is 23.1 Å². The molecule has 7 heterocycles. The van der Waals surface area contributed by atoms with E-state index in [2.05, 4.69) is 48.8 Å². The minimum absolute atomic E-state index is 0.0301. The Morgan fingerprint density at radius 3 is 2.32 bits per heavy atom. The molecule has 4 aliphatic rings. The fraction of sp³-hybridized carbons (Fsp3) is 0.340. The summed E-state index contributed by atoms with van der Waals surface area (Å²) in [5.41, 5.74) is 6.48. The molecule has 0 amide bonds. The van der Waals surface area contributed by atoms with Crippen molar-refractivity contribution in [2.45, 2.75) is 45.6 Å². The maximum absolute atomic E-state index is 14.4. The molecule has 18 heteroatoms. The summed E-state index contributed by atoms with van der Waals surface area (Å²) in [6.07, 6.45) is 0.892. The molecule has 368 valence electrons. The fourth-order valence-corrected chi connectivity index (χ4v) is 10.9. The quantitative estimate of drug-likeness (QED) is 0.139. The third-order valence-corrected chi connectivity index (χ3v) is 15.2. The van der Waals surface area contributed by atoms with Crippen molar-refractivity contribution in [1.82, 2.24) is 34.6 Å². The molecule has 4 bridgehead atoms. The summed E-state index contributed by atoms with van der Waals surface area (Å²) in [6.45, 7) is 12.1. The Labute approximate surface area is 424 Å². The first-order chi connectivity index (χ1) is 34.4. The largest absolute Gasteiger partial charge is 0.490 e. The number of carboxylic acid groups (broad SMARTS) is 1. The van der Waals surface area contributed by atoms with E-state index in [0.29, 0.717) is 93.8 Å². The number of nitrogens with zero attached hydrogens (tertiary/aromatic N) is 7. The summed E-state index contributed by atoms with van der Waals surface area (Å²) < 4.78 is 46.3. The van der Waals surface area contributed by atoms with Crippen molar-refractivity contribution in [2.75, 3.05) is 72.7 Å². The van der Waals surface area contributed by atoms with Gasteiger partial charge in [0.25, 0.3) is 0 Å². The van der Waals surface area contributed by atoms with E-state index in [1.54, 1.807) is 42.6 Å². The molecule has 4 aliphatic heterocycles. The molecule has 1 N–H and O–H groups in total. The Balaban J connectivity index is 1.02. The van der Waals surface area contributed by atoms with Crippen molar-refractivity contribution in [3.05, 3.63) is 129 Å². The highest BCUT2D eigenvalue weighted by Crippen LogP contribution is 2.53. The summed E-state index contributed by atoms with van der Waals surface area (Å²) in [5, 5.41) is 12.0. The van der Waals surface area contributed by atoms with Crippen LogP contribution in [-0.4, -0.2) is 131 Å². The predicted molar refractivity (Wildman–Crippen MR) is 272 cm³/mol. The van der Waals surface area contributed by atoms with Gasteiger partial charge in [-0.05, 0) is 85.1 Å². The second-order valence-electron chi connectivity index (χ2n) is 18.1. The maximum atomic E-state index is 14.4. The van der Waals surface area contributed by atoms with Crippen LogP contribution >= 0.6 is 34.5 Å². The number of carboxylic acids is 1. The molecule has 14 nitrogen and oxygen atoms in total. The lowest BCUT2D eigenvalue weighted by atomic mass is 9.92. The summed E-state index contributed by atoms with van der Waals surface area (Å²) in [6, 6.07) is 21.5. The first kappa shape index (κ1) is 48.6. The SMILES string of the molecule is Cc1c(Cl)c2c(Cl)c(C)c1-c1c(-c3ccc(F)cc3)sc3ncnc(c13)O[C@@H](C(=O)O)Cc1cc(ccc1OCc1ccnc(-c3ccc(CN4CCOCC4)cc3)n1)OC[C@@H](CN1CCN(C)CC1)O2. The molecule has 2 saturated heterocycles. The van der Waals surface area contributed by atoms with Crippen LogP contribution in [0.4, 0.5) is 4.39 Å². The topological polar surface area (TPSA) is 145 Å². The van der Waals surface area contributed by atoms with Crippen molar-refractivity contribution in [1.29, 1.82) is 0 Å². The normalized spacial score (nSPS) is 18.1. The zero-order valence-electron chi connectivity index (χ0n) is 39.5. The number of hydrogen-bond acceptors (Lipinski definition) is 14. The molecule has 4 aromatic carbocycles. The monoisotopic (exact) mass is 1020 g/mol. The van der Waals surface area contributed by atoms with Gasteiger partial charge in [-0.2, -0.15) is 0 Å². The van der Waals surface area contributed by atoms with Crippen LogP contribution in [-0.2, 0) is 29.1 Å². The van der Waals surface area contributed by atoms with Gasteiger partial charge in [-0.1, -0.05) is 59.6 Å². The van der Waals surface area contributed by atoms with Gasteiger partial charge in [0, 0.05) is 86.5 Å². The number of benzene rings is 4. The van der Waals surface area contributed by atoms with Crippen molar-refractivity contribution < 1.29 is 38.0 Å². The first-order valence-corrected chi connectivity index (χ1v) is 25.1. The van der Waals surface area contributed by atoms with Crippen LogP contribution in [0.15, 0.2) is 85.3 Å². The van der Waals surface area contributed by atoms with Gasteiger partial charge < -0.3 is 33.7 Å². The minimum Gasteiger partial charge on any atom is -0.490 e. The zero-order valence-corrected chi connectivity index (χ0v) is 41.8. The Hall–Kier alpha value is -5.98. The highest BCUT2D eigenvalue weighted by Gasteiger charge is 2.32. The van der Waals surface area contributed by atoms with Gasteiger partial charge in [-0.3, -0.25) is 9.80 Å². The smallest absolute Gasteiger partial charge is 0.345 e. The number of aromatic nitrogens is 4. The van der Waals surface area contributed by atoms with E-state index in [1.807, 2.05) is 26.0 Å². The average molecular weight is 1020 g/mol. The molecular weight excluding hydrogens is 969 g/mol. The van der Waals surface area contributed by atoms with Gasteiger partial charge in [0.15, 0.2) is 11.6 Å². The Bertz CT molecular complexity index is 3030. The highest BCUT2D eigenvalue weighted by atomic mass is 35.5. The van der Waals surface area contributed by atoms with Gasteiger partial charge in [0.2, 0.25) is 12.0 Å². The molecule has 7 aromatic rings. The molecule has 2 fully saturated rings. The Morgan fingerprint density at radius 1 is 0.859 bits per heavy atom. The van der Waals surface area contributed by atoms with Gasteiger partial charge in [0.1, 0.15) is 47.8 Å². The summed E-state index contributed by atoms with van der Waals surface area (Å²) in [5.74, 6) is 0.144. The van der Waals surface area contributed by atoms with E-state index in [0.717, 1.165) is 64.6 Å². The third kappa shape index (κ3) is 10.8. The molecule has 0 unspecified atom stereocenters. The number of rotatable bonds is 10.